The molecule has 0 radical (unpaired) electrons. The number of rotatable bonds is 6. The van der Waals surface area contributed by atoms with Crippen molar-refractivity contribution in [2.45, 2.75) is 6.54 Å². The van der Waals surface area contributed by atoms with Crippen LogP contribution < -0.4 is 10.6 Å². The zero-order chi connectivity index (χ0) is 14.4. The van der Waals surface area contributed by atoms with Gasteiger partial charge in [0.25, 0.3) is 5.91 Å². The molecule has 0 atom stereocenters. The summed E-state index contributed by atoms with van der Waals surface area (Å²) in [5.41, 5.74) is 1.01. The summed E-state index contributed by atoms with van der Waals surface area (Å²) < 4.78 is 14.6. The van der Waals surface area contributed by atoms with E-state index in [-0.39, 0.29) is 17.4 Å². The summed E-state index contributed by atoms with van der Waals surface area (Å²) in [5.74, 6) is -0.571. The first-order chi connectivity index (χ1) is 9.69. The van der Waals surface area contributed by atoms with Gasteiger partial charge in [-0.25, -0.2) is 9.07 Å². The first-order valence-electron chi connectivity index (χ1n) is 6.26. The Balaban J connectivity index is 1.96. The molecule has 0 aliphatic rings. The summed E-state index contributed by atoms with van der Waals surface area (Å²) in [7, 11) is 1.81. The second-order valence-corrected chi connectivity index (χ2v) is 4.29. The van der Waals surface area contributed by atoms with Gasteiger partial charge in [0.1, 0.15) is 5.82 Å². The van der Waals surface area contributed by atoms with Crippen LogP contribution >= 0.6 is 0 Å². The van der Waals surface area contributed by atoms with Crippen molar-refractivity contribution in [1.29, 1.82) is 0 Å². The normalized spacial score (nSPS) is 10.5. The van der Waals surface area contributed by atoms with Crippen LogP contribution in [0.5, 0.6) is 0 Å². The highest BCUT2D eigenvalue weighted by molar-refractivity contribution is 5.91. The molecule has 0 aliphatic carbocycles. The van der Waals surface area contributed by atoms with Crippen LogP contribution in [-0.2, 0) is 6.54 Å². The van der Waals surface area contributed by atoms with Gasteiger partial charge in [-0.1, -0.05) is 17.3 Å². The lowest BCUT2D eigenvalue weighted by Crippen LogP contribution is -2.30. The van der Waals surface area contributed by atoms with E-state index in [1.807, 2.05) is 0 Å². The van der Waals surface area contributed by atoms with Crippen LogP contribution in [0, 0.1) is 5.82 Å². The van der Waals surface area contributed by atoms with Crippen molar-refractivity contribution in [2.75, 3.05) is 20.1 Å². The molecule has 0 spiro atoms. The third kappa shape index (κ3) is 3.86. The lowest BCUT2D eigenvalue weighted by molar-refractivity contribution is 0.0949. The van der Waals surface area contributed by atoms with E-state index in [2.05, 4.69) is 20.9 Å². The molecule has 0 bridgehead atoms. The molecule has 2 rings (SSSR count). The molecule has 2 N–H and O–H groups in total. The number of aromatic nitrogens is 3. The largest absolute Gasteiger partial charge is 0.349 e. The number of hydrogen-bond donors (Lipinski definition) is 2. The van der Waals surface area contributed by atoms with Gasteiger partial charge in [0.2, 0.25) is 0 Å². The molecule has 6 nitrogen and oxygen atoms in total. The van der Waals surface area contributed by atoms with Crippen LogP contribution in [0.25, 0.3) is 0 Å². The van der Waals surface area contributed by atoms with Crippen molar-refractivity contribution < 1.29 is 9.18 Å². The zero-order valence-electron chi connectivity index (χ0n) is 11.1. The molecule has 7 heteroatoms. The SMILES string of the molecule is CNCCNC(=O)c1cn(Cc2cccc(F)c2)nn1. The number of hydrogen-bond acceptors (Lipinski definition) is 4. The van der Waals surface area contributed by atoms with Gasteiger partial charge in [0.15, 0.2) is 5.69 Å². The Morgan fingerprint density at radius 2 is 2.25 bits per heavy atom. The van der Waals surface area contributed by atoms with Crippen LogP contribution in [0.2, 0.25) is 0 Å². The van der Waals surface area contributed by atoms with E-state index >= 15 is 0 Å². The van der Waals surface area contributed by atoms with E-state index in [4.69, 9.17) is 0 Å². The Kier molecular flexibility index (Phi) is 4.78. The molecule has 0 saturated heterocycles. The van der Waals surface area contributed by atoms with Crippen LogP contribution in [0.1, 0.15) is 16.1 Å². The van der Waals surface area contributed by atoms with Gasteiger partial charge in [-0.2, -0.15) is 0 Å². The molecule has 106 valence electrons. The lowest BCUT2D eigenvalue weighted by Gasteiger charge is -2.01. The second kappa shape index (κ2) is 6.76. The predicted octanol–water partition coefficient (Wildman–Crippen LogP) is 0.415. The fourth-order valence-electron chi connectivity index (χ4n) is 1.69. The quantitative estimate of drug-likeness (QED) is 0.750. The molecule has 20 heavy (non-hydrogen) atoms. The van der Waals surface area contributed by atoms with Crippen LogP contribution in [0.3, 0.4) is 0 Å². The number of nitrogens with zero attached hydrogens (tertiary/aromatic N) is 3. The summed E-state index contributed by atoms with van der Waals surface area (Å²) >= 11 is 0. The summed E-state index contributed by atoms with van der Waals surface area (Å²) in [5, 5.41) is 13.3. The molecular formula is C13H16FN5O. The Morgan fingerprint density at radius 1 is 1.40 bits per heavy atom. The Bertz CT molecular complexity index is 584. The average Bonchev–Trinajstić information content (AvgIpc) is 2.87. The first-order valence-corrected chi connectivity index (χ1v) is 6.26. The molecule has 1 aromatic heterocycles. The molecule has 2 aromatic rings. The molecule has 1 aromatic carbocycles. The maximum Gasteiger partial charge on any atom is 0.273 e. The number of amides is 1. The summed E-state index contributed by atoms with van der Waals surface area (Å²) in [6, 6.07) is 6.23. The van der Waals surface area contributed by atoms with Gasteiger partial charge in [-0.05, 0) is 24.7 Å². The predicted molar refractivity (Wildman–Crippen MR) is 71.8 cm³/mol. The number of nitrogens with one attached hydrogen (secondary N) is 2. The summed E-state index contributed by atoms with van der Waals surface area (Å²) in [6.07, 6.45) is 1.54. The molecule has 0 saturated carbocycles. The Hall–Kier alpha value is -2.28. The van der Waals surface area contributed by atoms with E-state index < -0.39 is 0 Å². The highest BCUT2D eigenvalue weighted by atomic mass is 19.1. The molecule has 0 fully saturated rings. The van der Waals surface area contributed by atoms with Crippen molar-refractivity contribution >= 4 is 5.91 Å². The van der Waals surface area contributed by atoms with Gasteiger partial charge in [0, 0.05) is 13.1 Å². The van der Waals surface area contributed by atoms with Gasteiger partial charge >= 0.3 is 0 Å². The van der Waals surface area contributed by atoms with Crippen molar-refractivity contribution in [2.24, 2.45) is 0 Å². The van der Waals surface area contributed by atoms with Crippen LogP contribution in [0.4, 0.5) is 4.39 Å². The average molecular weight is 277 g/mol. The molecule has 0 aliphatic heterocycles. The topological polar surface area (TPSA) is 71.8 Å². The monoisotopic (exact) mass is 277 g/mol. The number of halogens is 1. The van der Waals surface area contributed by atoms with Gasteiger partial charge in [-0.15, -0.1) is 5.10 Å². The molecule has 1 amide bonds. The van der Waals surface area contributed by atoms with Gasteiger partial charge < -0.3 is 10.6 Å². The van der Waals surface area contributed by atoms with E-state index in [0.29, 0.717) is 19.6 Å². The lowest BCUT2D eigenvalue weighted by atomic mass is 10.2. The van der Waals surface area contributed by atoms with Crippen LogP contribution in [0.15, 0.2) is 30.5 Å². The zero-order valence-corrected chi connectivity index (χ0v) is 11.1. The van der Waals surface area contributed by atoms with Gasteiger partial charge in [-0.3, -0.25) is 4.79 Å². The minimum Gasteiger partial charge on any atom is -0.349 e. The maximum absolute atomic E-state index is 13.1. The van der Waals surface area contributed by atoms with Crippen molar-refractivity contribution in [3.8, 4) is 0 Å². The third-order valence-electron chi connectivity index (χ3n) is 2.67. The molecular weight excluding hydrogens is 261 g/mol. The van der Waals surface area contributed by atoms with Crippen molar-refractivity contribution in [1.82, 2.24) is 25.6 Å². The smallest absolute Gasteiger partial charge is 0.273 e. The van der Waals surface area contributed by atoms with E-state index in [1.54, 1.807) is 25.4 Å². The van der Waals surface area contributed by atoms with Crippen molar-refractivity contribution in [3.63, 3.8) is 0 Å². The summed E-state index contributed by atoms with van der Waals surface area (Å²) in [6.45, 7) is 1.57. The van der Waals surface area contributed by atoms with Crippen molar-refractivity contribution in [3.05, 3.63) is 47.5 Å². The minimum atomic E-state index is -0.298. The fourth-order valence-corrected chi connectivity index (χ4v) is 1.69. The number of benzene rings is 1. The molecule has 1 heterocycles. The molecule has 0 unspecified atom stereocenters. The Morgan fingerprint density at radius 3 is 3.00 bits per heavy atom. The minimum absolute atomic E-state index is 0.248. The maximum atomic E-state index is 13.1. The van der Waals surface area contributed by atoms with E-state index in [0.717, 1.165) is 5.56 Å². The third-order valence-corrected chi connectivity index (χ3v) is 2.67. The highest BCUT2D eigenvalue weighted by Gasteiger charge is 2.10. The van der Waals surface area contributed by atoms with Gasteiger partial charge in [0.05, 0.1) is 12.7 Å². The summed E-state index contributed by atoms with van der Waals surface area (Å²) in [4.78, 5) is 11.7. The number of carbonyl (C=O) groups is 1. The van der Waals surface area contributed by atoms with E-state index in [9.17, 15) is 9.18 Å². The second-order valence-electron chi connectivity index (χ2n) is 4.29. The fraction of sp³-hybridized carbons (Fsp3) is 0.308. The van der Waals surface area contributed by atoms with Crippen LogP contribution in [-0.4, -0.2) is 41.0 Å². The first kappa shape index (κ1) is 14.1. The van der Waals surface area contributed by atoms with E-state index in [1.165, 1.54) is 16.8 Å². The number of carbonyl (C=O) groups excluding carboxylic acids is 1. The Labute approximate surface area is 116 Å². The highest BCUT2D eigenvalue weighted by Crippen LogP contribution is 2.05. The standard InChI is InChI=1S/C13H16FN5O/c1-15-5-6-16-13(20)12-9-19(18-17-12)8-10-3-2-4-11(14)7-10/h2-4,7,9,15H,5-6,8H2,1H3,(H,16,20). The number of likely N-dealkylation sites (N-methyl/N-ethyl adjacent to an activating group) is 1.